The number of hydrogen-bond donors (Lipinski definition) is 1. The highest BCUT2D eigenvalue weighted by molar-refractivity contribution is 5.70. The van der Waals surface area contributed by atoms with Gasteiger partial charge in [0.25, 0.3) is 0 Å². The average molecular weight is 369 g/mol. The number of ether oxygens (including phenoxy) is 1. The molecule has 1 heterocycles. The van der Waals surface area contributed by atoms with Crippen molar-refractivity contribution in [3.05, 3.63) is 78.9 Å². The molecule has 0 unspecified atom stereocenters. The summed E-state index contributed by atoms with van der Waals surface area (Å²) in [4.78, 5) is 13.9. The molecule has 0 saturated heterocycles. The Morgan fingerprint density at radius 3 is 1.75 bits per heavy atom. The van der Waals surface area contributed by atoms with Crippen LogP contribution in [0.15, 0.2) is 78.9 Å². The standard InChI is InChI=1S/C23H19N3O2/c1-2-28-18-13-14-19(20(27)15-18)23-25-21(16-9-5-3-6-10-16)24-22(26-23)17-11-7-4-8-12-17/h3-15,27H,2H2,1H3. The summed E-state index contributed by atoms with van der Waals surface area (Å²) in [6, 6.07) is 24.6. The summed E-state index contributed by atoms with van der Waals surface area (Å²) in [6.45, 7) is 2.43. The van der Waals surface area contributed by atoms with E-state index in [1.54, 1.807) is 18.2 Å². The molecule has 0 radical (unpaired) electrons. The Bertz CT molecular complexity index is 1030. The molecular weight excluding hydrogens is 350 g/mol. The molecule has 4 rings (SSSR count). The van der Waals surface area contributed by atoms with E-state index in [0.717, 1.165) is 11.1 Å². The molecule has 4 aromatic rings. The Morgan fingerprint density at radius 2 is 1.25 bits per heavy atom. The Morgan fingerprint density at radius 1 is 0.714 bits per heavy atom. The fraction of sp³-hybridized carbons (Fsp3) is 0.0870. The number of aromatic nitrogens is 3. The average Bonchev–Trinajstić information content (AvgIpc) is 2.75. The minimum Gasteiger partial charge on any atom is -0.507 e. The highest BCUT2D eigenvalue weighted by atomic mass is 16.5. The fourth-order valence-electron chi connectivity index (χ4n) is 2.89. The van der Waals surface area contributed by atoms with Crippen molar-refractivity contribution in [2.75, 3.05) is 6.61 Å². The molecular formula is C23H19N3O2. The first kappa shape index (κ1) is 17.7. The summed E-state index contributed by atoms with van der Waals surface area (Å²) >= 11 is 0. The fourth-order valence-corrected chi connectivity index (χ4v) is 2.89. The number of phenolic OH excluding ortho intramolecular Hbond substituents is 1. The van der Waals surface area contributed by atoms with Gasteiger partial charge in [0.1, 0.15) is 11.5 Å². The number of hydrogen-bond acceptors (Lipinski definition) is 5. The van der Waals surface area contributed by atoms with Crippen LogP contribution in [0.3, 0.4) is 0 Å². The first-order valence-electron chi connectivity index (χ1n) is 9.07. The predicted octanol–water partition coefficient (Wildman–Crippen LogP) is 4.98. The lowest BCUT2D eigenvalue weighted by atomic mass is 10.1. The van der Waals surface area contributed by atoms with Gasteiger partial charge in [-0.05, 0) is 19.1 Å². The maximum atomic E-state index is 10.5. The van der Waals surface area contributed by atoms with Crippen LogP contribution in [0.25, 0.3) is 34.2 Å². The molecule has 0 fully saturated rings. The van der Waals surface area contributed by atoms with E-state index < -0.39 is 0 Å². The van der Waals surface area contributed by atoms with Crippen molar-refractivity contribution in [1.29, 1.82) is 0 Å². The van der Waals surface area contributed by atoms with E-state index in [9.17, 15) is 5.11 Å². The van der Waals surface area contributed by atoms with Crippen molar-refractivity contribution < 1.29 is 9.84 Å². The molecule has 0 amide bonds. The van der Waals surface area contributed by atoms with Crippen LogP contribution < -0.4 is 4.74 Å². The predicted molar refractivity (Wildman–Crippen MR) is 109 cm³/mol. The van der Waals surface area contributed by atoms with Crippen LogP contribution in [-0.2, 0) is 0 Å². The van der Waals surface area contributed by atoms with Crippen LogP contribution in [0.1, 0.15) is 6.92 Å². The Balaban J connectivity index is 1.87. The molecule has 0 aliphatic rings. The zero-order valence-corrected chi connectivity index (χ0v) is 15.4. The number of benzene rings is 3. The van der Waals surface area contributed by atoms with Crippen molar-refractivity contribution in [3.8, 4) is 45.7 Å². The van der Waals surface area contributed by atoms with Crippen molar-refractivity contribution in [3.63, 3.8) is 0 Å². The lowest BCUT2D eigenvalue weighted by Crippen LogP contribution is -2.00. The number of phenols is 1. The topological polar surface area (TPSA) is 68.1 Å². The second kappa shape index (κ2) is 7.88. The van der Waals surface area contributed by atoms with Crippen molar-refractivity contribution >= 4 is 0 Å². The number of rotatable bonds is 5. The van der Waals surface area contributed by atoms with Gasteiger partial charge in [0.2, 0.25) is 0 Å². The van der Waals surface area contributed by atoms with Gasteiger partial charge < -0.3 is 9.84 Å². The van der Waals surface area contributed by atoms with Crippen molar-refractivity contribution in [1.82, 2.24) is 15.0 Å². The van der Waals surface area contributed by atoms with Gasteiger partial charge in [0, 0.05) is 17.2 Å². The van der Waals surface area contributed by atoms with Crippen LogP contribution in [0.2, 0.25) is 0 Å². The molecule has 0 atom stereocenters. The summed E-state index contributed by atoms with van der Waals surface area (Å²) in [5.74, 6) is 2.18. The summed E-state index contributed by atoms with van der Waals surface area (Å²) in [6.07, 6.45) is 0. The molecule has 0 saturated carbocycles. The molecule has 5 heteroatoms. The van der Waals surface area contributed by atoms with E-state index in [1.165, 1.54) is 0 Å². The molecule has 138 valence electrons. The normalized spacial score (nSPS) is 10.6. The molecule has 28 heavy (non-hydrogen) atoms. The van der Waals surface area contributed by atoms with E-state index in [2.05, 4.69) is 15.0 Å². The van der Waals surface area contributed by atoms with Gasteiger partial charge in [-0.2, -0.15) is 0 Å². The second-order valence-electron chi connectivity index (χ2n) is 6.15. The summed E-state index contributed by atoms with van der Waals surface area (Å²) in [5, 5.41) is 10.5. The molecule has 0 bridgehead atoms. The Hall–Kier alpha value is -3.73. The third-order valence-electron chi connectivity index (χ3n) is 4.22. The lowest BCUT2D eigenvalue weighted by Gasteiger charge is -2.10. The third-order valence-corrected chi connectivity index (χ3v) is 4.22. The van der Waals surface area contributed by atoms with Gasteiger partial charge in [-0.15, -0.1) is 0 Å². The van der Waals surface area contributed by atoms with Crippen LogP contribution in [0.5, 0.6) is 11.5 Å². The van der Waals surface area contributed by atoms with Gasteiger partial charge in [-0.1, -0.05) is 60.7 Å². The quantitative estimate of drug-likeness (QED) is 0.537. The van der Waals surface area contributed by atoms with E-state index in [0.29, 0.717) is 35.4 Å². The van der Waals surface area contributed by atoms with Gasteiger partial charge in [0.15, 0.2) is 17.5 Å². The zero-order valence-electron chi connectivity index (χ0n) is 15.4. The van der Waals surface area contributed by atoms with E-state index >= 15 is 0 Å². The van der Waals surface area contributed by atoms with Gasteiger partial charge in [0.05, 0.1) is 12.2 Å². The van der Waals surface area contributed by atoms with E-state index in [-0.39, 0.29) is 5.75 Å². The van der Waals surface area contributed by atoms with E-state index in [4.69, 9.17) is 4.74 Å². The molecule has 0 aliphatic heterocycles. The smallest absolute Gasteiger partial charge is 0.167 e. The molecule has 5 nitrogen and oxygen atoms in total. The molecule has 1 aromatic heterocycles. The first-order chi connectivity index (χ1) is 13.7. The monoisotopic (exact) mass is 369 g/mol. The van der Waals surface area contributed by atoms with Crippen LogP contribution in [0.4, 0.5) is 0 Å². The Kier molecular flexibility index (Phi) is 4.97. The van der Waals surface area contributed by atoms with Gasteiger partial charge >= 0.3 is 0 Å². The third kappa shape index (κ3) is 3.69. The van der Waals surface area contributed by atoms with E-state index in [1.807, 2.05) is 67.6 Å². The second-order valence-corrected chi connectivity index (χ2v) is 6.15. The van der Waals surface area contributed by atoms with Gasteiger partial charge in [-0.3, -0.25) is 0 Å². The summed E-state index contributed by atoms with van der Waals surface area (Å²) in [7, 11) is 0. The largest absolute Gasteiger partial charge is 0.507 e. The lowest BCUT2D eigenvalue weighted by molar-refractivity contribution is 0.338. The maximum Gasteiger partial charge on any atom is 0.167 e. The number of nitrogens with zero attached hydrogens (tertiary/aromatic N) is 3. The number of aromatic hydroxyl groups is 1. The maximum absolute atomic E-state index is 10.5. The highest BCUT2D eigenvalue weighted by Gasteiger charge is 2.15. The molecule has 3 aromatic carbocycles. The van der Waals surface area contributed by atoms with Gasteiger partial charge in [-0.25, -0.2) is 15.0 Å². The van der Waals surface area contributed by atoms with Crippen molar-refractivity contribution in [2.24, 2.45) is 0 Å². The summed E-state index contributed by atoms with van der Waals surface area (Å²) < 4.78 is 5.45. The molecule has 1 N–H and O–H groups in total. The van der Waals surface area contributed by atoms with Crippen LogP contribution in [0, 0.1) is 0 Å². The van der Waals surface area contributed by atoms with Crippen LogP contribution in [-0.4, -0.2) is 26.7 Å². The summed E-state index contributed by atoms with van der Waals surface area (Å²) in [5.41, 5.74) is 2.29. The first-order valence-corrected chi connectivity index (χ1v) is 9.07. The minimum atomic E-state index is 0.0650. The highest BCUT2D eigenvalue weighted by Crippen LogP contribution is 2.32. The Labute approximate surface area is 163 Å². The minimum absolute atomic E-state index is 0.0650. The zero-order chi connectivity index (χ0) is 19.3. The van der Waals surface area contributed by atoms with Crippen molar-refractivity contribution in [2.45, 2.75) is 6.92 Å². The molecule has 0 aliphatic carbocycles. The van der Waals surface area contributed by atoms with Crippen LogP contribution >= 0.6 is 0 Å². The SMILES string of the molecule is CCOc1ccc(-c2nc(-c3ccccc3)nc(-c3ccccc3)n2)c(O)c1. The molecule has 0 spiro atoms.